The van der Waals surface area contributed by atoms with Crippen LogP contribution in [0.25, 0.3) is 0 Å². The monoisotopic (exact) mass is 388 g/mol. The smallest absolute Gasteiger partial charge is 0.170 e. The van der Waals surface area contributed by atoms with Crippen molar-refractivity contribution in [3.63, 3.8) is 0 Å². The standard InChI is InChI=1S/C26H29OP/c27-28(21-12-3-1-4-13-21,22-14-5-2-6-15-22)26-19-20-11-7-8-16-23(20)24-17-9-10-18-25(24)26/h1-6,12-15,19,23-24H,7-11,16-18H2/t23-,24-/m0/s1. The van der Waals surface area contributed by atoms with Crippen LogP contribution in [0.3, 0.4) is 0 Å². The molecule has 2 aromatic carbocycles. The van der Waals surface area contributed by atoms with Gasteiger partial charge in [-0.25, -0.2) is 0 Å². The first-order valence-corrected chi connectivity index (χ1v) is 12.6. The number of hydrogen-bond acceptors (Lipinski definition) is 1. The van der Waals surface area contributed by atoms with Gasteiger partial charge in [-0.15, -0.1) is 0 Å². The average molecular weight is 388 g/mol. The third-order valence-electron chi connectivity index (χ3n) is 7.08. The van der Waals surface area contributed by atoms with E-state index in [0.29, 0.717) is 11.8 Å². The van der Waals surface area contributed by atoms with Crippen LogP contribution in [0.2, 0.25) is 0 Å². The first-order chi connectivity index (χ1) is 13.8. The second-order valence-electron chi connectivity index (χ2n) is 8.61. The van der Waals surface area contributed by atoms with E-state index in [-0.39, 0.29) is 0 Å². The Morgan fingerprint density at radius 3 is 1.89 bits per heavy atom. The van der Waals surface area contributed by atoms with Crippen molar-refractivity contribution in [3.8, 4) is 0 Å². The van der Waals surface area contributed by atoms with E-state index in [1.807, 2.05) is 36.4 Å². The van der Waals surface area contributed by atoms with Gasteiger partial charge in [-0.2, -0.15) is 0 Å². The lowest BCUT2D eigenvalue weighted by molar-refractivity contribution is 0.296. The van der Waals surface area contributed by atoms with E-state index in [2.05, 4.69) is 30.3 Å². The van der Waals surface area contributed by atoms with Gasteiger partial charge >= 0.3 is 0 Å². The summed E-state index contributed by atoms with van der Waals surface area (Å²) in [6.45, 7) is 0. The van der Waals surface area contributed by atoms with Crippen LogP contribution in [0.5, 0.6) is 0 Å². The minimum absolute atomic E-state index is 0.629. The van der Waals surface area contributed by atoms with Gasteiger partial charge in [0.15, 0.2) is 7.14 Å². The van der Waals surface area contributed by atoms with Gasteiger partial charge < -0.3 is 4.57 Å². The third kappa shape index (κ3) is 2.96. The Morgan fingerprint density at radius 2 is 1.25 bits per heavy atom. The van der Waals surface area contributed by atoms with E-state index < -0.39 is 7.14 Å². The lowest BCUT2D eigenvalue weighted by atomic mass is 9.66. The maximum atomic E-state index is 15.0. The molecule has 3 aliphatic rings. The average Bonchev–Trinajstić information content (AvgIpc) is 2.79. The summed E-state index contributed by atoms with van der Waals surface area (Å²) in [6.07, 6.45) is 12.6. The molecule has 2 heteroatoms. The molecule has 28 heavy (non-hydrogen) atoms. The molecule has 2 atom stereocenters. The van der Waals surface area contributed by atoms with Gasteiger partial charge in [-0.3, -0.25) is 0 Å². The van der Waals surface area contributed by atoms with Gasteiger partial charge in [-0.1, -0.05) is 90.7 Å². The molecule has 2 saturated carbocycles. The minimum atomic E-state index is -2.85. The van der Waals surface area contributed by atoms with E-state index in [4.69, 9.17) is 0 Å². The zero-order valence-electron chi connectivity index (χ0n) is 16.5. The molecule has 3 aliphatic carbocycles. The van der Waals surface area contributed by atoms with Crippen molar-refractivity contribution in [3.05, 3.63) is 83.2 Å². The molecule has 0 aromatic heterocycles. The second-order valence-corrected chi connectivity index (χ2v) is 11.3. The van der Waals surface area contributed by atoms with Crippen LogP contribution in [0, 0.1) is 11.8 Å². The predicted octanol–water partition coefficient (Wildman–Crippen LogP) is 6.58. The topological polar surface area (TPSA) is 17.1 Å². The first-order valence-electron chi connectivity index (χ1n) is 10.9. The van der Waals surface area contributed by atoms with Gasteiger partial charge in [0.05, 0.1) is 0 Å². The van der Waals surface area contributed by atoms with Gasteiger partial charge in [-0.05, 0) is 50.4 Å². The fraction of sp³-hybridized carbons (Fsp3) is 0.385. The summed E-state index contributed by atoms with van der Waals surface area (Å²) in [5.74, 6) is 1.34. The number of rotatable bonds is 3. The van der Waals surface area contributed by atoms with Gasteiger partial charge in [0, 0.05) is 15.9 Å². The van der Waals surface area contributed by atoms with Gasteiger partial charge in [0.1, 0.15) is 0 Å². The van der Waals surface area contributed by atoms with Crippen LogP contribution in [0.15, 0.2) is 83.2 Å². The molecule has 1 nitrogen and oxygen atoms in total. The first kappa shape index (κ1) is 18.2. The van der Waals surface area contributed by atoms with Crippen LogP contribution in [0.1, 0.15) is 51.4 Å². The number of benzene rings is 2. The maximum Gasteiger partial charge on any atom is 0.170 e. The highest BCUT2D eigenvalue weighted by Gasteiger charge is 2.41. The fourth-order valence-corrected chi connectivity index (χ4v) is 8.84. The Morgan fingerprint density at radius 1 is 0.679 bits per heavy atom. The molecule has 2 aromatic rings. The fourth-order valence-electron chi connectivity index (χ4n) is 5.77. The van der Waals surface area contributed by atoms with Crippen molar-refractivity contribution in [2.75, 3.05) is 0 Å². The zero-order valence-corrected chi connectivity index (χ0v) is 17.4. The van der Waals surface area contributed by atoms with Crippen molar-refractivity contribution in [2.45, 2.75) is 51.4 Å². The second kappa shape index (κ2) is 7.53. The van der Waals surface area contributed by atoms with Crippen molar-refractivity contribution >= 4 is 17.8 Å². The van der Waals surface area contributed by atoms with Crippen LogP contribution in [-0.4, -0.2) is 0 Å². The Labute approximate surface area is 168 Å². The SMILES string of the molecule is O=P(C1=C2CCCC[C@H]2[C@H]2CCCCC2=C1)(c1ccccc1)c1ccccc1. The van der Waals surface area contributed by atoms with Crippen molar-refractivity contribution in [2.24, 2.45) is 11.8 Å². The molecule has 0 radical (unpaired) electrons. The van der Waals surface area contributed by atoms with Crippen LogP contribution < -0.4 is 10.6 Å². The molecule has 0 heterocycles. The molecule has 0 bridgehead atoms. The van der Waals surface area contributed by atoms with Crippen LogP contribution in [0.4, 0.5) is 0 Å². The van der Waals surface area contributed by atoms with E-state index in [1.165, 1.54) is 55.8 Å². The third-order valence-corrected chi connectivity index (χ3v) is 10.2. The lowest BCUT2D eigenvalue weighted by Crippen LogP contribution is -2.30. The minimum Gasteiger partial charge on any atom is -0.309 e. The zero-order chi connectivity index (χ0) is 19.0. The Balaban J connectivity index is 1.75. The summed E-state index contributed by atoms with van der Waals surface area (Å²) in [5, 5.41) is 3.15. The molecule has 0 unspecified atom stereocenters. The number of hydrogen-bond donors (Lipinski definition) is 0. The molecule has 0 amide bonds. The van der Waals surface area contributed by atoms with Crippen molar-refractivity contribution < 1.29 is 4.57 Å². The highest BCUT2D eigenvalue weighted by Crippen LogP contribution is 2.60. The Hall–Kier alpha value is -1.85. The van der Waals surface area contributed by atoms with E-state index >= 15 is 0 Å². The summed E-state index contributed by atoms with van der Waals surface area (Å²) in [4.78, 5) is 0. The molecular formula is C26H29OP. The van der Waals surface area contributed by atoms with E-state index in [1.54, 1.807) is 5.57 Å². The summed E-state index contributed by atoms with van der Waals surface area (Å²) in [5.41, 5.74) is 3.11. The van der Waals surface area contributed by atoms with E-state index in [0.717, 1.165) is 17.0 Å². The molecule has 0 aliphatic heterocycles. The summed E-state index contributed by atoms with van der Waals surface area (Å²) in [7, 11) is -2.85. The Bertz CT molecular complexity index is 911. The van der Waals surface area contributed by atoms with E-state index in [9.17, 15) is 4.57 Å². The maximum absolute atomic E-state index is 15.0. The molecule has 144 valence electrons. The highest BCUT2D eigenvalue weighted by atomic mass is 31.2. The molecule has 0 N–H and O–H groups in total. The normalized spacial score (nSPS) is 24.9. The Kier molecular flexibility index (Phi) is 4.89. The van der Waals surface area contributed by atoms with Crippen molar-refractivity contribution in [1.82, 2.24) is 0 Å². The summed E-state index contributed by atoms with van der Waals surface area (Å²) in [6, 6.07) is 20.5. The lowest BCUT2D eigenvalue weighted by Gasteiger charge is -2.42. The van der Waals surface area contributed by atoms with Crippen molar-refractivity contribution in [1.29, 1.82) is 0 Å². The summed E-state index contributed by atoms with van der Waals surface area (Å²) < 4.78 is 15.0. The van der Waals surface area contributed by atoms with Gasteiger partial charge in [0.25, 0.3) is 0 Å². The van der Waals surface area contributed by atoms with Crippen LogP contribution >= 0.6 is 7.14 Å². The summed E-state index contributed by atoms with van der Waals surface area (Å²) >= 11 is 0. The molecule has 0 spiro atoms. The van der Waals surface area contributed by atoms with Crippen LogP contribution in [-0.2, 0) is 4.57 Å². The molecule has 0 saturated heterocycles. The predicted molar refractivity (Wildman–Crippen MR) is 119 cm³/mol. The number of allylic oxidation sites excluding steroid dienone is 4. The molecule has 5 rings (SSSR count). The molecular weight excluding hydrogens is 359 g/mol. The quantitative estimate of drug-likeness (QED) is 0.543. The largest absolute Gasteiger partial charge is 0.309 e. The highest BCUT2D eigenvalue weighted by molar-refractivity contribution is 7.82. The number of fused-ring (bicyclic) bond motifs is 3. The van der Waals surface area contributed by atoms with Gasteiger partial charge in [0.2, 0.25) is 0 Å². The molecule has 2 fully saturated rings.